The molecule has 0 saturated carbocycles. The van der Waals surface area contributed by atoms with E-state index < -0.39 is 17.7 Å². The topological polar surface area (TPSA) is 61.0 Å². The highest BCUT2D eigenvalue weighted by atomic mass is 79.9. The van der Waals surface area contributed by atoms with Gasteiger partial charge in [0.05, 0.1) is 5.56 Å². The first kappa shape index (κ1) is 13.8. The second-order valence-electron chi connectivity index (χ2n) is 4.66. The first-order valence-electron chi connectivity index (χ1n) is 6.20. The van der Waals surface area contributed by atoms with Gasteiger partial charge >= 0.3 is 0 Å². The molecule has 0 N–H and O–H groups in total. The summed E-state index contributed by atoms with van der Waals surface area (Å²) in [6.07, 6.45) is -0.354. The predicted molar refractivity (Wildman–Crippen MR) is 76.5 cm³/mol. The standard InChI is InChI=1S/C13H6BrF2N3O2S/c14-11-7(4-22-19-11)12-17-13(21-18-12)9-2-5-1-6(15)3-8(16)10(5)20-9/h1,3-4,9H,2H2. The molecular formula is C13H6BrF2N3O2S. The quantitative estimate of drug-likeness (QED) is 0.669. The summed E-state index contributed by atoms with van der Waals surface area (Å²) in [5.74, 6) is -0.766. The van der Waals surface area contributed by atoms with E-state index in [9.17, 15) is 8.78 Å². The Bertz CT molecular complexity index is 867. The van der Waals surface area contributed by atoms with Crippen molar-refractivity contribution in [2.75, 3.05) is 0 Å². The number of ether oxygens (including phenoxy) is 1. The summed E-state index contributed by atoms with van der Waals surface area (Å²) in [6.45, 7) is 0. The van der Waals surface area contributed by atoms with Gasteiger partial charge in [-0.1, -0.05) is 5.16 Å². The van der Waals surface area contributed by atoms with Crippen molar-refractivity contribution in [1.82, 2.24) is 14.5 Å². The molecule has 1 aromatic carbocycles. The van der Waals surface area contributed by atoms with Gasteiger partial charge < -0.3 is 9.26 Å². The maximum Gasteiger partial charge on any atom is 0.268 e. The fourth-order valence-electron chi connectivity index (χ4n) is 2.26. The van der Waals surface area contributed by atoms with Crippen LogP contribution in [0.5, 0.6) is 5.75 Å². The van der Waals surface area contributed by atoms with Gasteiger partial charge in [-0.3, -0.25) is 0 Å². The Balaban J connectivity index is 1.64. The number of hydrogen-bond acceptors (Lipinski definition) is 6. The van der Waals surface area contributed by atoms with Crippen molar-refractivity contribution in [3.05, 3.63) is 45.2 Å². The number of hydrogen-bond donors (Lipinski definition) is 0. The van der Waals surface area contributed by atoms with Gasteiger partial charge in [0, 0.05) is 23.4 Å². The summed E-state index contributed by atoms with van der Waals surface area (Å²) in [6, 6.07) is 2.03. The van der Waals surface area contributed by atoms with E-state index in [2.05, 4.69) is 30.4 Å². The van der Waals surface area contributed by atoms with Crippen molar-refractivity contribution in [3.8, 4) is 17.1 Å². The van der Waals surface area contributed by atoms with Crippen molar-refractivity contribution in [2.45, 2.75) is 12.5 Å². The number of fused-ring (bicyclic) bond motifs is 1. The summed E-state index contributed by atoms with van der Waals surface area (Å²) in [5.41, 5.74) is 1.15. The van der Waals surface area contributed by atoms with Crippen LogP contribution in [0.3, 0.4) is 0 Å². The second kappa shape index (κ2) is 5.10. The summed E-state index contributed by atoms with van der Waals surface area (Å²) in [4.78, 5) is 4.25. The van der Waals surface area contributed by atoms with Crippen LogP contribution in [0, 0.1) is 11.6 Å². The Morgan fingerprint density at radius 1 is 1.32 bits per heavy atom. The Labute approximate surface area is 135 Å². The Morgan fingerprint density at radius 3 is 2.95 bits per heavy atom. The highest BCUT2D eigenvalue weighted by Gasteiger charge is 2.32. The third-order valence-corrected chi connectivity index (χ3v) is 4.70. The van der Waals surface area contributed by atoms with E-state index in [1.54, 1.807) is 5.38 Å². The summed E-state index contributed by atoms with van der Waals surface area (Å²) in [5, 5.41) is 5.65. The molecule has 0 radical (unpaired) electrons. The Hall–Kier alpha value is -1.87. The van der Waals surface area contributed by atoms with Gasteiger partial charge in [-0.2, -0.15) is 9.36 Å². The van der Waals surface area contributed by atoms with Crippen LogP contribution in [0.2, 0.25) is 0 Å². The fraction of sp³-hybridized carbons (Fsp3) is 0.154. The van der Waals surface area contributed by atoms with Crippen LogP contribution < -0.4 is 4.74 Å². The zero-order valence-corrected chi connectivity index (χ0v) is 13.1. The van der Waals surface area contributed by atoms with Crippen LogP contribution >= 0.6 is 27.5 Å². The fourth-order valence-corrected chi connectivity index (χ4v) is 3.52. The first-order chi connectivity index (χ1) is 10.6. The van der Waals surface area contributed by atoms with E-state index in [1.165, 1.54) is 17.6 Å². The minimum Gasteiger partial charge on any atom is -0.477 e. The van der Waals surface area contributed by atoms with Crippen molar-refractivity contribution in [2.24, 2.45) is 0 Å². The van der Waals surface area contributed by atoms with E-state index in [4.69, 9.17) is 9.26 Å². The molecule has 0 spiro atoms. The number of aromatic nitrogens is 3. The van der Waals surface area contributed by atoms with Gasteiger partial charge in [0.1, 0.15) is 10.4 Å². The largest absolute Gasteiger partial charge is 0.477 e. The lowest BCUT2D eigenvalue weighted by atomic mass is 10.1. The average Bonchev–Trinajstić information content (AvgIpc) is 3.15. The van der Waals surface area contributed by atoms with Crippen LogP contribution in [-0.2, 0) is 6.42 Å². The summed E-state index contributed by atoms with van der Waals surface area (Å²) >= 11 is 4.55. The molecule has 0 saturated heterocycles. The maximum atomic E-state index is 13.7. The zero-order valence-electron chi connectivity index (χ0n) is 10.7. The number of rotatable bonds is 2. The molecule has 1 aliphatic heterocycles. The lowest BCUT2D eigenvalue weighted by Crippen LogP contribution is -2.03. The first-order valence-corrected chi connectivity index (χ1v) is 7.83. The van der Waals surface area contributed by atoms with Crippen molar-refractivity contribution < 1.29 is 18.0 Å². The summed E-state index contributed by atoms with van der Waals surface area (Å²) < 4.78 is 42.3. The van der Waals surface area contributed by atoms with E-state index in [0.717, 1.165) is 6.07 Å². The van der Waals surface area contributed by atoms with Crippen molar-refractivity contribution in [3.63, 3.8) is 0 Å². The average molecular weight is 386 g/mol. The highest BCUT2D eigenvalue weighted by molar-refractivity contribution is 9.10. The lowest BCUT2D eigenvalue weighted by molar-refractivity contribution is 0.178. The number of nitrogens with zero attached hydrogens (tertiary/aromatic N) is 3. The highest BCUT2D eigenvalue weighted by Crippen LogP contribution is 2.39. The molecule has 1 unspecified atom stereocenters. The van der Waals surface area contributed by atoms with Gasteiger partial charge in [-0.05, 0) is 33.5 Å². The molecule has 1 aliphatic rings. The molecule has 2 aromatic heterocycles. The molecule has 4 rings (SSSR count). The van der Waals surface area contributed by atoms with Gasteiger partial charge in [0.15, 0.2) is 17.7 Å². The second-order valence-corrected chi connectivity index (χ2v) is 6.04. The molecule has 22 heavy (non-hydrogen) atoms. The third kappa shape index (κ3) is 2.20. The molecule has 3 aromatic rings. The summed E-state index contributed by atoms with van der Waals surface area (Å²) in [7, 11) is 0. The molecule has 0 amide bonds. The number of benzene rings is 1. The van der Waals surface area contributed by atoms with Crippen molar-refractivity contribution in [1.29, 1.82) is 0 Å². The number of halogens is 3. The van der Waals surface area contributed by atoms with Gasteiger partial charge in [0.2, 0.25) is 5.82 Å². The molecule has 0 aliphatic carbocycles. The van der Waals surface area contributed by atoms with Gasteiger partial charge in [-0.15, -0.1) is 0 Å². The van der Waals surface area contributed by atoms with E-state index in [-0.39, 0.29) is 18.1 Å². The van der Waals surface area contributed by atoms with Crippen LogP contribution in [0.25, 0.3) is 11.4 Å². The van der Waals surface area contributed by atoms with Gasteiger partial charge in [0.25, 0.3) is 5.89 Å². The monoisotopic (exact) mass is 385 g/mol. The van der Waals surface area contributed by atoms with Crippen LogP contribution in [0.4, 0.5) is 8.78 Å². The van der Waals surface area contributed by atoms with E-state index in [1.807, 2.05) is 0 Å². The van der Waals surface area contributed by atoms with E-state index >= 15 is 0 Å². The van der Waals surface area contributed by atoms with Crippen LogP contribution in [0.15, 0.2) is 26.6 Å². The van der Waals surface area contributed by atoms with Crippen molar-refractivity contribution >= 4 is 27.5 Å². The molecule has 0 fully saturated rings. The minimum atomic E-state index is -0.734. The molecule has 3 heterocycles. The van der Waals surface area contributed by atoms with Crippen LogP contribution in [-0.4, -0.2) is 14.5 Å². The minimum absolute atomic E-state index is 0.0320. The third-order valence-electron chi connectivity index (χ3n) is 3.23. The lowest BCUT2D eigenvalue weighted by Gasteiger charge is -2.04. The molecule has 9 heteroatoms. The molecule has 1 atom stereocenters. The predicted octanol–water partition coefficient (Wildman–Crippen LogP) is 3.91. The molecule has 0 bridgehead atoms. The molecule has 5 nitrogen and oxygen atoms in total. The SMILES string of the molecule is Fc1cc(F)c2c(c1)CC(c1nc(-c3csnc3Br)no1)O2. The maximum absolute atomic E-state index is 13.7. The zero-order chi connectivity index (χ0) is 15.3. The van der Waals surface area contributed by atoms with E-state index in [0.29, 0.717) is 21.6 Å². The smallest absolute Gasteiger partial charge is 0.268 e. The molecular weight excluding hydrogens is 380 g/mol. The Morgan fingerprint density at radius 2 is 2.18 bits per heavy atom. The molecule has 112 valence electrons. The van der Waals surface area contributed by atoms with Gasteiger partial charge in [-0.25, -0.2) is 8.78 Å². The Kier molecular flexibility index (Phi) is 3.19. The normalized spacial score (nSPS) is 16.6. The van der Waals surface area contributed by atoms with Crippen LogP contribution in [0.1, 0.15) is 17.6 Å².